The average Bonchev–Trinajstić information content (AvgIpc) is 3.34. The molecule has 1 amide bonds. The van der Waals surface area contributed by atoms with Crippen molar-refractivity contribution in [3.8, 4) is 11.3 Å². The first kappa shape index (κ1) is 29.7. The lowest BCUT2D eigenvalue weighted by atomic mass is 9.62. The number of carbonyl (C=O) groups is 1. The fourth-order valence-electron chi connectivity index (χ4n) is 5.39. The first-order valence-electron chi connectivity index (χ1n) is 13.5. The number of hydrogen-bond acceptors (Lipinski definition) is 6. The lowest BCUT2D eigenvalue weighted by Gasteiger charge is -2.51. The summed E-state index contributed by atoms with van der Waals surface area (Å²) < 4.78 is 55.4. The minimum Gasteiger partial charge on any atom is -0.343 e. The van der Waals surface area contributed by atoms with E-state index in [2.05, 4.69) is 20.4 Å². The number of alkyl halides is 3. The van der Waals surface area contributed by atoms with Gasteiger partial charge in [-0.25, -0.2) is 9.97 Å². The second-order valence-corrected chi connectivity index (χ2v) is 11.9. The van der Waals surface area contributed by atoms with E-state index in [1.807, 2.05) is 38.7 Å². The number of benzene rings is 1. The van der Waals surface area contributed by atoms with Gasteiger partial charge >= 0.3 is 6.18 Å². The van der Waals surface area contributed by atoms with Gasteiger partial charge in [0, 0.05) is 60.3 Å². The minimum atomic E-state index is -4.62. The van der Waals surface area contributed by atoms with Crippen LogP contribution in [0.1, 0.15) is 57.6 Å². The van der Waals surface area contributed by atoms with Gasteiger partial charge in [-0.05, 0) is 62.3 Å². The number of halogens is 3. The molecule has 1 aliphatic carbocycles. The van der Waals surface area contributed by atoms with Crippen LogP contribution in [0.5, 0.6) is 0 Å². The maximum Gasteiger partial charge on any atom is 0.419 e. The molecular formula is C28H35F3N6O2S. The monoisotopic (exact) mass is 576 g/mol. The zero-order valence-electron chi connectivity index (χ0n) is 23.4. The molecule has 3 aromatic rings. The Morgan fingerprint density at radius 2 is 1.93 bits per heavy atom. The summed E-state index contributed by atoms with van der Waals surface area (Å²) in [5, 5.41) is 6.96. The number of aryl methyl sites for hydroxylation is 2. The predicted octanol–water partition coefficient (Wildman–Crippen LogP) is 5.87. The van der Waals surface area contributed by atoms with Crippen LogP contribution < -0.4 is 5.32 Å². The smallest absolute Gasteiger partial charge is 0.343 e. The fraction of sp³-hybridized carbons (Fsp3) is 0.500. The summed E-state index contributed by atoms with van der Waals surface area (Å²) in [6.45, 7) is 9.31. The molecular weight excluding hydrogens is 541 g/mol. The molecule has 40 heavy (non-hydrogen) atoms. The largest absolute Gasteiger partial charge is 0.419 e. The summed E-state index contributed by atoms with van der Waals surface area (Å²) >= 11 is 0. The van der Waals surface area contributed by atoms with Gasteiger partial charge in [-0.3, -0.25) is 13.7 Å². The van der Waals surface area contributed by atoms with E-state index < -0.39 is 22.5 Å². The molecule has 2 fully saturated rings. The number of nitrogens with zero attached hydrogens (tertiary/aromatic N) is 5. The number of nitrogens with one attached hydrogen (secondary N) is 1. The number of piperidine rings is 1. The maximum absolute atomic E-state index is 13.6. The lowest BCUT2D eigenvalue weighted by molar-refractivity contribution is -0.140. The zero-order valence-corrected chi connectivity index (χ0v) is 24.2. The second kappa shape index (κ2) is 11.7. The summed E-state index contributed by atoms with van der Waals surface area (Å²) in [6.07, 6.45) is 1.97. The molecule has 1 N–H and O–H groups in total. The highest BCUT2D eigenvalue weighted by Gasteiger charge is 2.50. The minimum absolute atomic E-state index is 0.00877. The van der Waals surface area contributed by atoms with Crippen molar-refractivity contribution in [1.29, 1.82) is 0 Å². The number of hydrogen-bond donors (Lipinski definition) is 1. The Labute approximate surface area is 234 Å². The molecule has 216 valence electrons. The standard InChI is InChI=1S/C26H29F3N6O2S.C2H6/c1-4-35-8-7-25(12-22(35)36)10-19(11-25)38(37)18-5-6-21(16(2)9-18)32-24-30-14-20(26(27,28)29)23(33-24)17-13-31-34(3)15-17;1-2/h5-6,9,13-15,19H,4,7-8,10-12H2,1-3H3,(H,30,32,33);1-2H3. The molecule has 1 aliphatic heterocycles. The van der Waals surface area contributed by atoms with Crippen molar-refractivity contribution in [2.24, 2.45) is 12.5 Å². The Kier molecular flexibility index (Phi) is 8.67. The van der Waals surface area contributed by atoms with Crippen LogP contribution >= 0.6 is 0 Å². The van der Waals surface area contributed by atoms with E-state index in [0.717, 1.165) is 44.1 Å². The number of likely N-dealkylation sites (tertiary alicyclic amines) is 1. The van der Waals surface area contributed by atoms with Gasteiger partial charge in [0.15, 0.2) is 0 Å². The lowest BCUT2D eigenvalue weighted by Crippen LogP contribution is -2.52. The van der Waals surface area contributed by atoms with Crippen LogP contribution in [-0.4, -0.2) is 53.1 Å². The maximum atomic E-state index is 13.6. The van der Waals surface area contributed by atoms with E-state index in [1.165, 1.54) is 17.1 Å². The van der Waals surface area contributed by atoms with Gasteiger partial charge in [0.05, 0.1) is 22.7 Å². The van der Waals surface area contributed by atoms with Crippen LogP contribution in [0.4, 0.5) is 24.8 Å². The van der Waals surface area contributed by atoms with E-state index in [0.29, 0.717) is 17.0 Å². The summed E-state index contributed by atoms with van der Waals surface area (Å²) in [6, 6.07) is 5.32. The van der Waals surface area contributed by atoms with Gasteiger partial charge in [0.2, 0.25) is 11.9 Å². The highest BCUT2D eigenvalue weighted by atomic mass is 32.2. The molecule has 1 spiro atoms. The molecule has 5 rings (SSSR count). The molecule has 1 saturated heterocycles. The Bertz CT molecular complexity index is 1400. The number of carbonyl (C=O) groups excluding carboxylic acids is 1. The first-order valence-corrected chi connectivity index (χ1v) is 14.7. The van der Waals surface area contributed by atoms with E-state index in [1.54, 1.807) is 19.2 Å². The third-order valence-corrected chi connectivity index (χ3v) is 9.20. The highest BCUT2D eigenvalue weighted by Crippen LogP contribution is 2.52. The number of rotatable bonds is 6. The first-order chi connectivity index (χ1) is 19.0. The molecule has 1 saturated carbocycles. The van der Waals surface area contributed by atoms with Gasteiger partial charge in [-0.2, -0.15) is 18.3 Å². The molecule has 2 aromatic heterocycles. The molecule has 0 radical (unpaired) electrons. The van der Waals surface area contributed by atoms with E-state index in [4.69, 9.17) is 0 Å². The van der Waals surface area contributed by atoms with Crippen molar-refractivity contribution in [3.63, 3.8) is 0 Å². The molecule has 1 atom stereocenters. The zero-order chi connectivity index (χ0) is 29.2. The van der Waals surface area contributed by atoms with Crippen molar-refractivity contribution in [2.75, 3.05) is 18.4 Å². The second-order valence-electron chi connectivity index (χ2n) is 10.2. The normalized spacial score (nSPS) is 21.4. The van der Waals surface area contributed by atoms with Gasteiger partial charge in [0.25, 0.3) is 0 Å². The predicted molar refractivity (Wildman–Crippen MR) is 148 cm³/mol. The van der Waals surface area contributed by atoms with Crippen molar-refractivity contribution >= 4 is 28.3 Å². The molecule has 1 aromatic carbocycles. The number of anilines is 2. The topological polar surface area (TPSA) is 93.0 Å². The molecule has 2 aliphatic rings. The Hall–Kier alpha value is -3.28. The van der Waals surface area contributed by atoms with Crippen LogP contribution in [0.3, 0.4) is 0 Å². The van der Waals surface area contributed by atoms with Crippen molar-refractivity contribution in [2.45, 2.75) is 69.7 Å². The van der Waals surface area contributed by atoms with Crippen LogP contribution in [-0.2, 0) is 28.8 Å². The van der Waals surface area contributed by atoms with Gasteiger partial charge < -0.3 is 10.2 Å². The Balaban J connectivity index is 0.00000181. The third kappa shape index (κ3) is 6.06. The molecule has 8 nitrogen and oxygen atoms in total. The molecule has 1 unspecified atom stereocenters. The van der Waals surface area contributed by atoms with Crippen LogP contribution in [0.2, 0.25) is 0 Å². The van der Waals surface area contributed by atoms with Crippen LogP contribution in [0.15, 0.2) is 41.7 Å². The molecule has 0 bridgehead atoms. The summed E-state index contributed by atoms with van der Waals surface area (Å²) in [5.41, 5.74) is 0.367. The number of aromatic nitrogens is 4. The molecule has 3 heterocycles. The third-order valence-electron chi connectivity index (χ3n) is 7.55. The van der Waals surface area contributed by atoms with Gasteiger partial charge in [-0.1, -0.05) is 13.8 Å². The van der Waals surface area contributed by atoms with E-state index in [9.17, 15) is 22.2 Å². The van der Waals surface area contributed by atoms with E-state index >= 15 is 0 Å². The Morgan fingerprint density at radius 1 is 1.20 bits per heavy atom. The van der Waals surface area contributed by atoms with Crippen molar-refractivity contribution in [1.82, 2.24) is 24.6 Å². The molecule has 12 heteroatoms. The van der Waals surface area contributed by atoms with E-state index in [-0.39, 0.29) is 33.8 Å². The highest BCUT2D eigenvalue weighted by molar-refractivity contribution is 7.85. The van der Waals surface area contributed by atoms with Crippen molar-refractivity contribution in [3.05, 3.63) is 47.9 Å². The van der Waals surface area contributed by atoms with Gasteiger partial charge in [0.1, 0.15) is 5.56 Å². The quantitative estimate of drug-likeness (QED) is 0.395. The summed E-state index contributed by atoms with van der Waals surface area (Å²) in [4.78, 5) is 23.0. The summed E-state index contributed by atoms with van der Waals surface area (Å²) in [7, 11) is 0.402. The SMILES string of the molecule is CC.CCN1CCC2(CC1=O)CC(S(=O)c1ccc(Nc3ncc(C(F)(F)F)c(-c4cnn(C)c4)n3)c(C)c1)C2. The average molecular weight is 577 g/mol. The van der Waals surface area contributed by atoms with Crippen LogP contribution in [0, 0.1) is 12.3 Å². The fourth-order valence-corrected chi connectivity index (χ4v) is 7.28. The van der Waals surface area contributed by atoms with Gasteiger partial charge in [-0.15, -0.1) is 0 Å². The number of amides is 1. The van der Waals surface area contributed by atoms with Crippen LogP contribution in [0.25, 0.3) is 11.3 Å². The van der Waals surface area contributed by atoms with Crippen molar-refractivity contribution < 1.29 is 22.2 Å². The summed E-state index contributed by atoms with van der Waals surface area (Å²) in [5.74, 6) is 0.198. The Morgan fingerprint density at radius 3 is 2.50 bits per heavy atom.